The first kappa shape index (κ1) is 25.9. The summed E-state index contributed by atoms with van der Waals surface area (Å²) >= 11 is 0. The zero-order valence-corrected chi connectivity index (χ0v) is 18.1. The molecule has 33 heavy (non-hydrogen) atoms. The summed E-state index contributed by atoms with van der Waals surface area (Å²) in [5, 5.41) is 48.2. The Bertz CT molecular complexity index is 958. The van der Waals surface area contributed by atoms with Gasteiger partial charge >= 0.3 is 11.9 Å². The van der Waals surface area contributed by atoms with Gasteiger partial charge in [-0.25, -0.2) is 9.59 Å². The van der Waals surface area contributed by atoms with Crippen LogP contribution in [0.2, 0.25) is 0 Å². The van der Waals surface area contributed by atoms with Crippen LogP contribution in [0, 0.1) is 10.1 Å². The third kappa shape index (κ3) is 6.35. The lowest BCUT2D eigenvalue weighted by molar-refractivity contribution is -0.384. The van der Waals surface area contributed by atoms with Gasteiger partial charge in [0.25, 0.3) is 5.69 Å². The van der Waals surface area contributed by atoms with Gasteiger partial charge in [0, 0.05) is 31.1 Å². The van der Waals surface area contributed by atoms with Crippen molar-refractivity contribution in [1.82, 2.24) is 4.90 Å². The van der Waals surface area contributed by atoms with E-state index in [1.807, 2.05) is 0 Å². The Morgan fingerprint density at radius 2 is 1.70 bits per heavy atom. The molecule has 0 saturated heterocycles. The van der Waals surface area contributed by atoms with Crippen LogP contribution in [-0.2, 0) is 19.1 Å². The molecule has 12 heteroatoms. The van der Waals surface area contributed by atoms with Crippen molar-refractivity contribution in [3.05, 3.63) is 63.0 Å². The van der Waals surface area contributed by atoms with Crippen LogP contribution in [0.5, 0.6) is 0 Å². The smallest absolute Gasteiger partial charge is 0.336 e. The van der Waals surface area contributed by atoms with Gasteiger partial charge in [-0.15, -0.1) is 0 Å². The lowest BCUT2D eigenvalue weighted by Crippen LogP contribution is -2.33. The number of ether oxygens (including phenoxy) is 2. The van der Waals surface area contributed by atoms with Crippen LogP contribution in [0.25, 0.3) is 0 Å². The highest BCUT2D eigenvalue weighted by molar-refractivity contribution is 5.99. The van der Waals surface area contributed by atoms with Crippen molar-refractivity contribution in [3.63, 3.8) is 0 Å². The van der Waals surface area contributed by atoms with Crippen molar-refractivity contribution in [3.8, 4) is 0 Å². The predicted octanol–water partition coefficient (Wildman–Crippen LogP) is -0.425. The minimum absolute atomic E-state index is 0.0275. The molecule has 3 atom stereocenters. The van der Waals surface area contributed by atoms with Gasteiger partial charge in [-0.3, -0.25) is 10.1 Å². The number of allylic oxidation sites excluding steroid dienone is 1. The lowest BCUT2D eigenvalue weighted by atomic mass is 9.81. The number of carbonyl (C=O) groups is 2. The summed E-state index contributed by atoms with van der Waals surface area (Å²) in [6.07, 6.45) is -1.23. The number of esters is 2. The van der Waals surface area contributed by atoms with Crippen LogP contribution in [0.3, 0.4) is 0 Å². The first-order valence-corrected chi connectivity index (χ1v) is 9.92. The van der Waals surface area contributed by atoms with Gasteiger partial charge in [-0.05, 0) is 12.5 Å². The summed E-state index contributed by atoms with van der Waals surface area (Å²) in [5.41, 5.74) is 0.249. The Kier molecular flexibility index (Phi) is 9.05. The third-order valence-corrected chi connectivity index (χ3v) is 4.96. The van der Waals surface area contributed by atoms with E-state index < -0.39 is 61.4 Å². The van der Waals surface area contributed by atoms with Crippen molar-refractivity contribution in [2.75, 3.05) is 33.5 Å². The van der Waals surface area contributed by atoms with E-state index >= 15 is 0 Å². The number of nitro benzene ring substituents is 1. The lowest BCUT2D eigenvalue weighted by Gasteiger charge is -2.32. The predicted molar refractivity (Wildman–Crippen MR) is 112 cm³/mol. The number of nitrogens with zero attached hydrogens (tertiary/aromatic N) is 2. The largest absolute Gasteiger partial charge is 0.459 e. The SMILES string of the molecule is CC1=C(C(=O)OCC(O)CO)C(c2cccc([N+](=O)[O-])c2)C(C(=O)OCC(O)CO)=CN1C. The molecule has 0 aromatic heterocycles. The topological polar surface area (TPSA) is 180 Å². The van der Waals surface area contributed by atoms with Crippen LogP contribution in [0.4, 0.5) is 5.69 Å². The highest BCUT2D eigenvalue weighted by atomic mass is 16.6. The van der Waals surface area contributed by atoms with E-state index in [9.17, 15) is 29.9 Å². The molecule has 3 unspecified atom stereocenters. The summed E-state index contributed by atoms with van der Waals surface area (Å²) in [5.74, 6) is -2.95. The van der Waals surface area contributed by atoms with E-state index in [4.69, 9.17) is 19.7 Å². The van der Waals surface area contributed by atoms with Crippen molar-refractivity contribution >= 4 is 17.6 Å². The Morgan fingerprint density at radius 1 is 1.12 bits per heavy atom. The molecule has 0 radical (unpaired) electrons. The fraction of sp³-hybridized carbons (Fsp3) is 0.429. The normalized spacial score (nSPS) is 17.8. The minimum Gasteiger partial charge on any atom is -0.459 e. The second-order valence-corrected chi connectivity index (χ2v) is 7.35. The second-order valence-electron chi connectivity index (χ2n) is 7.35. The monoisotopic (exact) mass is 466 g/mol. The number of aliphatic hydroxyl groups is 4. The van der Waals surface area contributed by atoms with E-state index in [0.717, 1.165) is 0 Å². The molecule has 1 aliphatic heterocycles. The van der Waals surface area contributed by atoms with E-state index in [1.165, 1.54) is 35.4 Å². The Morgan fingerprint density at radius 3 is 2.24 bits per heavy atom. The molecule has 12 nitrogen and oxygen atoms in total. The van der Waals surface area contributed by atoms with Gasteiger partial charge in [0.15, 0.2) is 0 Å². The molecule has 2 rings (SSSR count). The number of aliphatic hydroxyl groups excluding tert-OH is 4. The maximum atomic E-state index is 13.0. The van der Waals surface area contributed by atoms with E-state index in [2.05, 4.69) is 0 Å². The molecule has 1 aromatic rings. The Balaban J connectivity index is 2.54. The third-order valence-electron chi connectivity index (χ3n) is 4.96. The van der Waals surface area contributed by atoms with E-state index in [1.54, 1.807) is 14.0 Å². The summed E-state index contributed by atoms with van der Waals surface area (Å²) in [4.78, 5) is 38.0. The van der Waals surface area contributed by atoms with Crippen LogP contribution >= 0.6 is 0 Å². The van der Waals surface area contributed by atoms with Crippen molar-refractivity contribution in [1.29, 1.82) is 0 Å². The number of non-ortho nitro benzene ring substituents is 1. The number of nitro groups is 1. The zero-order valence-electron chi connectivity index (χ0n) is 18.1. The summed E-state index contributed by atoms with van der Waals surface area (Å²) in [6, 6.07) is 5.36. The van der Waals surface area contributed by atoms with Crippen molar-refractivity contribution in [2.45, 2.75) is 25.0 Å². The van der Waals surface area contributed by atoms with Crippen LogP contribution in [0.1, 0.15) is 18.4 Å². The average molecular weight is 466 g/mol. The van der Waals surface area contributed by atoms with Crippen LogP contribution < -0.4 is 0 Å². The Labute approximate surface area is 189 Å². The summed E-state index contributed by atoms with van der Waals surface area (Å²) in [6.45, 7) is -0.709. The van der Waals surface area contributed by atoms with E-state index in [0.29, 0.717) is 5.70 Å². The van der Waals surface area contributed by atoms with Crippen molar-refractivity contribution in [2.24, 2.45) is 0 Å². The Hall–Kier alpha value is -3.32. The first-order chi connectivity index (χ1) is 15.6. The van der Waals surface area contributed by atoms with Gasteiger partial charge in [0.05, 0.1) is 35.2 Å². The number of rotatable bonds is 10. The van der Waals surface area contributed by atoms with E-state index in [-0.39, 0.29) is 22.4 Å². The molecule has 0 amide bonds. The maximum Gasteiger partial charge on any atom is 0.336 e. The van der Waals surface area contributed by atoms with Gasteiger partial charge in [-0.1, -0.05) is 12.1 Å². The number of hydrogen-bond acceptors (Lipinski definition) is 11. The molecule has 1 heterocycles. The quantitative estimate of drug-likeness (QED) is 0.200. The fourth-order valence-electron chi connectivity index (χ4n) is 3.14. The molecule has 0 saturated carbocycles. The summed E-state index contributed by atoms with van der Waals surface area (Å²) in [7, 11) is 1.56. The van der Waals surface area contributed by atoms with Gasteiger partial charge in [0.2, 0.25) is 0 Å². The molecule has 1 aromatic carbocycles. The zero-order chi connectivity index (χ0) is 24.7. The second kappa shape index (κ2) is 11.5. The highest BCUT2D eigenvalue weighted by Crippen LogP contribution is 2.40. The molecule has 0 fully saturated rings. The van der Waals surface area contributed by atoms with Gasteiger partial charge < -0.3 is 34.8 Å². The molecule has 0 spiro atoms. The molecule has 180 valence electrons. The van der Waals surface area contributed by atoms with Gasteiger partial charge in [-0.2, -0.15) is 0 Å². The highest BCUT2D eigenvalue weighted by Gasteiger charge is 2.38. The molecular weight excluding hydrogens is 440 g/mol. The molecule has 4 N–H and O–H groups in total. The number of hydrogen-bond donors (Lipinski definition) is 4. The molecule has 0 aliphatic carbocycles. The molecule has 0 bridgehead atoms. The van der Waals surface area contributed by atoms with Gasteiger partial charge in [0.1, 0.15) is 25.4 Å². The van der Waals surface area contributed by atoms with Crippen LogP contribution in [0.15, 0.2) is 47.3 Å². The standard InChI is InChI=1S/C21H26N2O10/c1-12-18(21(29)33-11-16(27)9-25)19(13-4-3-5-14(6-13)23(30)31)17(7-22(12)2)20(28)32-10-15(26)8-24/h3-7,15-16,19,24-27H,8-11H2,1-2H3. The maximum absolute atomic E-state index is 13.0. The number of benzene rings is 1. The van der Waals surface area contributed by atoms with Crippen molar-refractivity contribution < 1.29 is 44.4 Å². The first-order valence-electron chi connectivity index (χ1n) is 9.92. The molecular formula is C21H26N2O10. The fourth-order valence-corrected chi connectivity index (χ4v) is 3.14. The number of carbonyl (C=O) groups excluding carboxylic acids is 2. The minimum atomic E-state index is -1.31. The molecule has 1 aliphatic rings. The average Bonchev–Trinajstić information content (AvgIpc) is 2.81. The summed E-state index contributed by atoms with van der Waals surface area (Å²) < 4.78 is 10.2. The van der Waals surface area contributed by atoms with Crippen LogP contribution in [-0.4, -0.2) is 87.9 Å².